The molecule has 1 amide bonds. The molecule has 0 saturated heterocycles. The summed E-state index contributed by atoms with van der Waals surface area (Å²) in [6.45, 7) is 1.17. The topological polar surface area (TPSA) is 130 Å². The van der Waals surface area contributed by atoms with E-state index < -0.39 is 29.4 Å². The van der Waals surface area contributed by atoms with E-state index in [2.05, 4.69) is 5.32 Å². The van der Waals surface area contributed by atoms with Gasteiger partial charge in [0.1, 0.15) is 5.69 Å². The average Bonchev–Trinajstić information content (AvgIpc) is 2.15. The second kappa shape index (κ2) is 4.62. The first-order valence-corrected chi connectivity index (χ1v) is 5.95. The lowest BCUT2D eigenvalue weighted by atomic mass is 10.2. The van der Waals surface area contributed by atoms with Crippen molar-refractivity contribution in [2.24, 2.45) is 0 Å². The third kappa shape index (κ3) is 3.35. The van der Waals surface area contributed by atoms with Gasteiger partial charge in [-0.3, -0.25) is 19.5 Å². The Hall–Kier alpha value is -1.76. The van der Waals surface area contributed by atoms with Crippen molar-refractivity contribution < 1.29 is 24.1 Å². The van der Waals surface area contributed by atoms with Crippen molar-refractivity contribution in [3.05, 3.63) is 28.3 Å². The second-order valence-corrected chi connectivity index (χ2v) is 4.79. The number of rotatable bonds is 3. The van der Waals surface area contributed by atoms with E-state index in [0.717, 1.165) is 18.2 Å². The summed E-state index contributed by atoms with van der Waals surface area (Å²) in [5.74, 6) is -0.517. The van der Waals surface area contributed by atoms with Crippen LogP contribution in [0.1, 0.15) is 6.92 Å². The SMILES string of the molecule is CC(=O)Nc1ccc(P(=O)(O)O)cc1[N+](=O)[O-]. The maximum absolute atomic E-state index is 10.9. The lowest BCUT2D eigenvalue weighted by Crippen LogP contribution is -2.11. The number of nitrogens with zero attached hydrogens (tertiary/aromatic N) is 1. The molecule has 0 aliphatic rings. The van der Waals surface area contributed by atoms with E-state index in [4.69, 9.17) is 9.79 Å². The fourth-order valence-electron chi connectivity index (χ4n) is 1.15. The summed E-state index contributed by atoms with van der Waals surface area (Å²) < 4.78 is 10.9. The maximum Gasteiger partial charge on any atom is 0.356 e. The summed E-state index contributed by atoms with van der Waals surface area (Å²) in [5.41, 5.74) is -0.680. The van der Waals surface area contributed by atoms with Crippen LogP contribution in [0, 0.1) is 10.1 Å². The van der Waals surface area contributed by atoms with Crippen molar-refractivity contribution in [3.63, 3.8) is 0 Å². The van der Waals surface area contributed by atoms with Crippen molar-refractivity contribution in [2.75, 3.05) is 5.32 Å². The number of nitro groups is 1. The Balaban J connectivity index is 3.32. The van der Waals surface area contributed by atoms with Crippen molar-refractivity contribution in [1.82, 2.24) is 0 Å². The van der Waals surface area contributed by atoms with Crippen molar-refractivity contribution in [1.29, 1.82) is 0 Å². The van der Waals surface area contributed by atoms with Crippen LogP contribution in [0.4, 0.5) is 11.4 Å². The Morgan fingerprint density at radius 3 is 2.47 bits per heavy atom. The molecule has 0 spiro atoms. The van der Waals surface area contributed by atoms with E-state index in [-0.39, 0.29) is 5.69 Å². The maximum atomic E-state index is 10.9. The highest BCUT2D eigenvalue weighted by molar-refractivity contribution is 7.60. The van der Waals surface area contributed by atoms with Crippen molar-refractivity contribution in [2.45, 2.75) is 6.92 Å². The van der Waals surface area contributed by atoms with E-state index in [1.807, 2.05) is 0 Å². The van der Waals surface area contributed by atoms with Crippen molar-refractivity contribution in [3.8, 4) is 0 Å². The molecule has 92 valence electrons. The summed E-state index contributed by atoms with van der Waals surface area (Å²) in [7, 11) is -4.56. The van der Waals surface area contributed by atoms with Gasteiger partial charge in [0.2, 0.25) is 5.91 Å². The molecule has 0 aliphatic heterocycles. The van der Waals surface area contributed by atoms with Gasteiger partial charge in [-0.2, -0.15) is 0 Å². The summed E-state index contributed by atoms with van der Waals surface area (Å²) >= 11 is 0. The quantitative estimate of drug-likeness (QED) is 0.408. The van der Waals surface area contributed by atoms with Crippen LogP contribution in [0.2, 0.25) is 0 Å². The zero-order valence-electron chi connectivity index (χ0n) is 8.65. The van der Waals surface area contributed by atoms with Crippen LogP contribution < -0.4 is 10.6 Å². The molecule has 0 bridgehead atoms. The molecule has 0 aliphatic carbocycles. The lowest BCUT2D eigenvalue weighted by molar-refractivity contribution is -0.383. The van der Waals surface area contributed by atoms with Gasteiger partial charge >= 0.3 is 7.60 Å². The van der Waals surface area contributed by atoms with Gasteiger partial charge in [0.15, 0.2) is 0 Å². The van der Waals surface area contributed by atoms with Gasteiger partial charge in [-0.05, 0) is 12.1 Å². The summed E-state index contributed by atoms with van der Waals surface area (Å²) in [5, 5.41) is 12.4. The molecule has 9 heteroatoms. The summed E-state index contributed by atoms with van der Waals surface area (Å²) in [4.78, 5) is 38.4. The average molecular weight is 260 g/mol. The van der Waals surface area contributed by atoms with Gasteiger partial charge < -0.3 is 15.1 Å². The van der Waals surface area contributed by atoms with Crippen LogP contribution in [-0.2, 0) is 9.36 Å². The van der Waals surface area contributed by atoms with E-state index in [0.29, 0.717) is 0 Å². The van der Waals surface area contributed by atoms with Crippen LogP contribution in [0.15, 0.2) is 18.2 Å². The number of anilines is 1. The number of hydrogen-bond donors (Lipinski definition) is 3. The second-order valence-electron chi connectivity index (χ2n) is 3.18. The Kier molecular flexibility index (Phi) is 3.62. The molecule has 0 heterocycles. The molecular weight excluding hydrogens is 251 g/mol. The molecule has 0 fully saturated rings. The minimum Gasteiger partial charge on any atom is -0.321 e. The molecule has 1 aromatic rings. The normalized spacial score (nSPS) is 11.0. The van der Waals surface area contributed by atoms with E-state index in [9.17, 15) is 19.5 Å². The Bertz CT molecular complexity index is 523. The Labute approximate surface area is 95.6 Å². The predicted molar refractivity (Wildman–Crippen MR) is 59.1 cm³/mol. The monoisotopic (exact) mass is 260 g/mol. The fraction of sp³-hybridized carbons (Fsp3) is 0.125. The molecule has 0 atom stereocenters. The first-order chi connectivity index (χ1) is 7.71. The Morgan fingerprint density at radius 1 is 1.47 bits per heavy atom. The van der Waals surface area contributed by atoms with Crippen molar-refractivity contribution >= 4 is 30.2 Å². The number of amides is 1. The van der Waals surface area contributed by atoms with Gasteiger partial charge in [-0.25, -0.2) is 0 Å². The molecule has 3 N–H and O–H groups in total. The highest BCUT2D eigenvalue weighted by Crippen LogP contribution is 2.36. The molecule has 8 nitrogen and oxygen atoms in total. The Morgan fingerprint density at radius 2 is 2.06 bits per heavy atom. The van der Waals surface area contributed by atoms with Gasteiger partial charge in [0, 0.05) is 13.0 Å². The number of nitrogens with one attached hydrogen (secondary N) is 1. The minimum atomic E-state index is -4.56. The molecule has 1 aromatic carbocycles. The predicted octanol–water partition coefficient (Wildman–Crippen LogP) is 0.356. The smallest absolute Gasteiger partial charge is 0.321 e. The van der Waals surface area contributed by atoms with E-state index in [1.165, 1.54) is 6.92 Å². The highest BCUT2D eigenvalue weighted by Gasteiger charge is 2.23. The zero-order valence-corrected chi connectivity index (χ0v) is 9.55. The molecule has 0 radical (unpaired) electrons. The molecule has 1 rings (SSSR count). The minimum absolute atomic E-state index is 0.111. The number of carbonyl (C=O) groups excluding carboxylic acids is 1. The van der Waals surface area contributed by atoms with E-state index in [1.54, 1.807) is 0 Å². The number of nitro benzene ring substituents is 1. The van der Waals surface area contributed by atoms with Crippen LogP contribution in [-0.4, -0.2) is 20.6 Å². The number of benzene rings is 1. The van der Waals surface area contributed by atoms with Gasteiger partial charge in [-0.1, -0.05) is 0 Å². The third-order valence-electron chi connectivity index (χ3n) is 1.83. The highest BCUT2D eigenvalue weighted by atomic mass is 31.2. The molecule has 0 aromatic heterocycles. The fourth-order valence-corrected chi connectivity index (χ4v) is 1.71. The summed E-state index contributed by atoms with van der Waals surface area (Å²) in [6.07, 6.45) is 0. The third-order valence-corrected chi connectivity index (χ3v) is 2.78. The van der Waals surface area contributed by atoms with Crippen LogP contribution in [0.3, 0.4) is 0 Å². The van der Waals surface area contributed by atoms with Gasteiger partial charge in [0.05, 0.1) is 10.2 Å². The first kappa shape index (κ1) is 13.3. The van der Waals surface area contributed by atoms with Crippen LogP contribution >= 0.6 is 7.60 Å². The number of hydrogen-bond acceptors (Lipinski definition) is 4. The summed E-state index contributed by atoms with van der Waals surface area (Å²) in [6, 6.07) is 2.85. The zero-order chi connectivity index (χ0) is 13.2. The standard InChI is InChI=1S/C8H9N2O6P/c1-5(11)9-7-3-2-6(17(14,15)16)4-8(7)10(12)13/h2-4H,1H3,(H,9,11)(H2,14,15,16). The molecule has 0 unspecified atom stereocenters. The first-order valence-electron chi connectivity index (χ1n) is 4.34. The van der Waals surface area contributed by atoms with Gasteiger partial charge in [0.25, 0.3) is 5.69 Å². The molecule has 0 saturated carbocycles. The lowest BCUT2D eigenvalue weighted by Gasteiger charge is -2.07. The largest absolute Gasteiger partial charge is 0.356 e. The molecule has 17 heavy (non-hydrogen) atoms. The molecular formula is C8H9N2O6P. The number of carbonyl (C=O) groups is 1. The van der Waals surface area contributed by atoms with Gasteiger partial charge in [-0.15, -0.1) is 0 Å². The van der Waals surface area contributed by atoms with E-state index >= 15 is 0 Å². The van der Waals surface area contributed by atoms with Crippen LogP contribution in [0.25, 0.3) is 0 Å². The van der Waals surface area contributed by atoms with Crippen LogP contribution in [0.5, 0.6) is 0 Å².